The minimum Gasteiger partial charge on any atom is -0.496 e. The molecule has 0 aromatic heterocycles. The van der Waals surface area contributed by atoms with E-state index in [-0.39, 0.29) is 11.9 Å². The summed E-state index contributed by atoms with van der Waals surface area (Å²) in [4.78, 5) is 15.4. The van der Waals surface area contributed by atoms with Crippen molar-refractivity contribution in [1.29, 1.82) is 0 Å². The largest absolute Gasteiger partial charge is 0.496 e. The Hall–Kier alpha value is -3.63. The van der Waals surface area contributed by atoms with Gasteiger partial charge in [-0.25, -0.2) is 0 Å². The van der Waals surface area contributed by atoms with Crippen molar-refractivity contribution in [2.45, 2.75) is 45.4 Å². The van der Waals surface area contributed by atoms with Gasteiger partial charge in [-0.1, -0.05) is 55.0 Å². The van der Waals surface area contributed by atoms with Gasteiger partial charge in [0.2, 0.25) is 5.91 Å². The maximum Gasteiger partial charge on any atom is 0.237 e. The molecule has 3 aromatic carbocycles. The average Bonchev–Trinajstić information content (AvgIpc) is 3.06. The lowest BCUT2D eigenvalue weighted by molar-refractivity contribution is -0.128. The number of hydrogen-bond acceptors (Lipinski definition) is 8. The second-order valence-corrected chi connectivity index (χ2v) is 10.8. The first-order chi connectivity index (χ1) is 21.5. The van der Waals surface area contributed by atoms with Gasteiger partial charge >= 0.3 is 0 Å². The van der Waals surface area contributed by atoms with Gasteiger partial charge in [-0.05, 0) is 48.6 Å². The van der Waals surface area contributed by atoms with Crippen LogP contribution in [0.25, 0.3) is 11.1 Å². The molecule has 0 saturated carbocycles. The highest BCUT2D eigenvalue weighted by molar-refractivity contribution is 5.81. The number of nitrogens with two attached hydrogens (primary N) is 1. The van der Waals surface area contributed by atoms with E-state index < -0.39 is 0 Å². The van der Waals surface area contributed by atoms with Crippen LogP contribution < -0.4 is 25.3 Å². The number of nitrogens with zero attached hydrogens (tertiary/aromatic N) is 1. The molecule has 9 nitrogen and oxygen atoms in total. The maximum atomic E-state index is 13.2. The van der Waals surface area contributed by atoms with Crippen LogP contribution in [0.15, 0.2) is 60.7 Å². The highest BCUT2D eigenvalue weighted by Gasteiger charge is 2.30. The Morgan fingerprint density at radius 3 is 2.36 bits per heavy atom. The summed E-state index contributed by atoms with van der Waals surface area (Å²) in [6.07, 6.45) is 2.84. The van der Waals surface area contributed by atoms with Crippen molar-refractivity contribution in [3.63, 3.8) is 0 Å². The molecule has 0 spiro atoms. The first-order valence-corrected chi connectivity index (χ1v) is 15.4. The lowest BCUT2D eigenvalue weighted by atomic mass is 9.97. The van der Waals surface area contributed by atoms with E-state index in [1.165, 1.54) is 16.7 Å². The summed E-state index contributed by atoms with van der Waals surface area (Å²) < 4.78 is 28.8. The second kappa shape index (κ2) is 17.6. The molecule has 1 saturated heterocycles. The molecular formula is C35H47N3O6. The van der Waals surface area contributed by atoms with Crippen molar-refractivity contribution >= 4 is 5.91 Å². The average molecular weight is 606 g/mol. The Labute approximate surface area is 261 Å². The smallest absolute Gasteiger partial charge is 0.237 e. The number of ether oxygens (including phenoxy) is 5. The number of carbonyl (C=O) groups is 1. The Morgan fingerprint density at radius 1 is 0.932 bits per heavy atom. The third-order valence-electron chi connectivity index (χ3n) is 7.96. The fourth-order valence-electron chi connectivity index (χ4n) is 5.58. The van der Waals surface area contributed by atoms with Crippen LogP contribution >= 0.6 is 0 Å². The normalized spacial score (nSPS) is 15.1. The van der Waals surface area contributed by atoms with Gasteiger partial charge in [-0.2, -0.15) is 0 Å². The number of benzene rings is 3. The summed E-state index contributed by atoms with van der Waals surface area (Å²) in [7, 11) is 3.30. The Morgan fingerprint density at radius 2 is 1.66 bits per heavy atom. The highest BCUT2D eigenvalue weighted by Crippen LogP contribution is 2.37. The Balaban J connectivity index is 1.39. The summed E-state index contributed by atoms with van der Waals surface area (Å²) in [5.41, 5.74) is 11.0. The third-order valence-corrected chi connectivity index (χ3v) is 7.96. The van der Waals surface area contributed by atoms with E-state index in [0.717, 1.165) is 36.9 Å². The molecule has 3 N–H and O–H groups in total. The van der Waals surface area contributed by atoms with E-state index in [0.29, 0.717) is 69.9 Å². The van der Waals surface area contributed by atoms with Gasteiger partial charge in [0.15, 0.2) is 0 Å². The fraction of sp³-hybridized carbons (Fsp3) is 0.457. The van der Waals surface area contributed by atoms with Crippen LogP contribution in [-0.2, 0) is 27.4 Å². The van der Waals surface area contributed by atoms with E-state index in [4.69, 9.17) is 29.4 Å². The van der Waals surface area contributed by atoms with Gasteiger partial charge in [0.1, 0.15) is 23.9 Å². The van der Waals surface area contributed by atoms with E-state index in [9.17, 15) is 4.79 Å². The number of likely N-dealkylation sites (tertiary alicyclic amines) is 1. The molecule has 9 heteroatoms. The molecule has 1 amide bonds. The number of rotatable bonds is 17. The van der Waals surface area contributed by atoms with E-state index in [1.54, 1.807) is 14.2 Å². The van der Waals surface area contributed by atoms with Gasteiger partial charge in [-0.15, -0.1) is 0 Å². The molecule has 3 aromatic rings. The van der Waals surface area contributed by atoms with Crippen LogP contribution in [0.4, 0.5) is 0 Å². The molecule has 44 heavy (non-hydrogen) atoms. The summed E-state index contributed by atoms with van der Waals surface area (Å²) in [6, 6.07) is 20.2. The summed E-state index contributed by atoms with van der Waals surface area (Å²) in [6.45, 7) is 6.75. The number of piperidine rings is 1. The molecule has 1 heterocycles. The van der Waals surface area contributed by atoms with Crippen molar-refractivity contribution in [3.05, 3.63) is 77.4 Å². The van der Waals surface area contributed by atoms with Crippen molar-refractivity contribution in [1.82, 2.24) is 10.2 Å². The van der Waals surface area contributed by atoms with Gasteiger partial charge in [0.05, 0.1) is 52.3 Å². The van der Waals surface area contributed by atoms with E-state index in [2.05, 4.69) is 59.6 Å². The van der Waals surface area contributed by atoms with Crippen molar-refractivity contribution in [3.8, 4) is 28.4 Å². The minimum atomic E-state index is -0.234. The van der Waals surface area contributed by atoms with Crippen LogP contribution in [-0.4, -0.2) is 77.1 Å². The van der Waals surface area contributed by atoms with Crippen LogP contribution in [0.3, 0.4) is 0 Å². The highest BCUT2D eigenvalue weighted by atomic mass is 16.5. The minimum absolute atomic E-state index is 0.0127. The number of amides is 1. The molecular weight excluding hydrogens is 558 g/mol. The molecule has 238 valence electrons. The van der Waals surface area contributed by atoms with Crippen LogP contribution in [0.2, 0.25) is 0 Å². The molecule has 1 atom stereocenters. The van der Waals surface area contributed by atoms with E-state index >= 15 is 0 Å². The lowest BCUT2D eigenvalue weighted by Gasteiger charge is -2.35. The lowest BCUT2D eigenvalue weighted by Crippen LogP contribution is -2.49. The maximum absolute atomic E-state index is 13.2. The van der Waals surface area contributed by atoms with Gasteiger partial charge in [0, 0.05) is 31.8 Å². The molecule has 1 fully saturated rings. The van der Waals surface area contributed by atoms with E-state index in [1.807, 2.05) is 18.2 Å². The first kappa shape index (κ1) is 33.3. The molecule has 0 aliphatic carbocycles. The topological polar surface area (TPSA) is 105 Å². The molecule has 0 radical (unpaired) electrons. The molecule has 4 rings (SSSR count). The van der Waals surface area contributed by atoms with Crippen molar-refractivity contribution in [2.24, 2.45) is 5.73 Å². The number of methoxy groups -OCH3 is 2. The monoisotopic (exact) mass is 605 g/mol. The van der Waals surface area contributed by atoms with Crippen LogP contribution in [0.1, 0.15) is 36.0 Å². The van der Waals surface area contributed by atoms with Gasteiger partial charge in [-0.3, -0.25) is 9.69 Å². The standard InChI is InChI=1S/C35H47N3O6/c1-26-28(12-9-13-30(26)27-10-5-4-6-11-27)25-44-29-22-33(40-2)31(34(23-29)41-3)24-38-17-8-7-14-32(38)35(39)37-16-19-43-21-20-42-18-15-36/h4-6,9-13,22-23,32H,7-8,14-21,24-25,36H2,1-3H3,(H,37,39)/t32-/m0/s1. The number of hydrogen-bond donors (Lipinski definition) is 2. The summed E-state index contributed by atoms with van der Waals surface area (Å²) in [5, 5.41) is 3.04. The first-order valence-electron chi connectivity index (χ1n) is 15.4. The van der Waals surface area contributed by atoms with Crippen LogP contribution in [0.5, 0.6) is 17.2 Å². The molecule has 0 bridgehead atoms. The van der Waals surface area contributed by atoms with Gasteiger partial charge < -0.3 is 34.7 Å². The Bertz CT molecular complexity index is 1290. The fourth-order valence-corrected chi connectivity index (χ4v) is 5.58. The van der Waals surface area contributed by atoms with Crippen molar-refractivity contribution in [2.75, 3.05) is 60.3 Å². The molecule has 0 unspecified atom stereocenters. The predicted octanol–water partition coefficient (Wildman–Crippen LogP) is 4.72. The second-order valence-electron chi connectivity index (χ2n) is 10.8. The van der Waals surface area contributed by atoms with Crippen LogP contribution in [0, 0.1) is 6.92 Å². The number of carbonyl (C=O) groups excluding carboxylic acids is 1. The predicted molar refractivity (Wildman–Crippen MR) is 172 cm³/mol. The van der Waals surface area contributed by atoms with Gasteiger partial charge in [0.25, 0.3) is 0 Å². The Kier molecular flexibility index (Phi) is 13.3. The molecule has 1 aliphatic heterocycles. The molecule has 1 aliphatic rings. The summed E-state index contributed by atoms with van der Waals surface area (Å²) >= 11 is 0. The quantitative estimate of drug-likeness (QED) is 0.213. The SMILES string of the molecule is COc1cc(OCc2cccc(-c3ccccc3)c2C)cc(OC)c1CN1CCCC[C@H]1C(=O)NCCOCCOCCN. The number of nitrogens with one attached hydrogen (secondary N) is 1. The third kappa shape index (κ3) is 9.19. The van der Waals surface area contributed by atoms with Crippen molar-refractivity contribution < 1.29 is 28.5 Å². The zero-order chi connectivity index (χ0) is 31.1. The zero-order valence-electron chi connectivity index (χ0n) is 26.3. The zero-order valence-corrected chi connectivity index (χ0v) is 26.3. The summed E-state index contributed by atoms with van der Waals surface area (Å²) in [5.74, 6) is 2.01.